The van der Waals surface area contributed by atoms with Gasteiger partial charge >= 0.3 is 5.97 Å². The van der Waals surface area contributed by atoms with Gasteiger partial charge in [-0.2, -0.15) is 0 Å². The predicted molar refractivity (Wildman–Crippen MR) is 62.0 cm³/mol. The molecule has 0 fully saturated rings. The van der Waals surface area contributed by atoms with Gasteiger partial charge in [0.2, 0.25) is 0 Å². The average Bonchev–Trinajstić information content (AvgIpc) is 2.27. The Balaban J connectivity index is 2.50. The zero-order valence-corrected chi connectivity index (χ0v) is 9.17. The first-order valence-electron chi connectivity index (χ1n) is 5.16. The van der Waals surface area contributed by atoms with Gasteiger partial charge in [-0.25, -0.2) is 0 Å². The van der Waals surface area contributed by atoms with Gasteiger partial charge < -0.3 is 5.11 Å². The summed E-state index contributed by atoms with van der Waals surface area (Å²) in [6.45, 7) is 5.57. The first-order chi connectivity index (χ1) is 7.72. The summed E-state index contributed by atoms with van der Waals surface area (Å²) in [5, 5.41) is 8.63. The molecule has 86 valence electrons. The second-order valence-corrected chi connectivity index (χ2v) is 3.53. The number of aliphatic carboxylic acids is 1. The molecule has 0 saturated carbocycles. The smallest absolute Gasteiger partial charge is 0.304 e. The van der Waals surface area contributed by atoms with E-state index < -0.39 is 5.97 Å². The lowest BCUT2D eigenvalue weighted by Gasteiger charge is -2.19. The average molecular weight is 220 g/mol. The molecule has 0 unspecified atom stereocenters. The number of pyridine rings is 1. The van der Waals surface area contributed by atoms with Crippen LogP contribution in [0, 0.1) is 0 Å². The van der Waals surface area contributed by atoms with Gasteiger partial charge in [-0.3, -0.25) is 14.7 Å². The van der Waals surface area contributed by atoms with Crippen molar-refractivity contribution in [3.05, 3.63) is 42.7 Å². The summed E-state index contributed by atoms with van der Waals surface area (Å²) in [7, 11) is 0. The van der Waals surface area contributed by atoms with Gasteiger partial charge in [0.25, 0.3) is 0 Å². The highest BCUT2D eigenvalue weighted by Gasteiger charge is 2.06. The number of aromatic nitrogens is 1. The lowest BCUT2D eigenvalue weighted by Crippen LogP contribution is -2.26. The topological polar surface area (TPSA) is 53.4 Å². The lowest BCUT2D eigenvalue weighted by molar-refractivity contribution is -0.137. The highest BCUT2D eigenvalue weighted by Crippen LogP contribution is 2.03. The standard InChI is InChI=1S/C12H16N2O2/c1-2-7-14(8-5-12(15)16)10-11-4-3-6-13-9-11/h2-4,6,9H,1,5,7-8,10H2,(H,15,16). The maximum absolute atomic E-state index is 10.5. The van der Waals surface area contributed by atoms with E-state index in [-0.39, 0.29) is 6.42 Å². The second-order valence-electron chi connectivity index (χ2n) is 3.53. The molecule has 0 atom stereocenters. The molecule has 1 rings (SSSR count). The third-order valence-corrected chi connectivity index (χ3v) is 2.16. The van der Waals surface area contributed by atoms with Crippen LogP contribution in [-0.2, 0) is 11.3 Å². The Labute approximate surface area is 95.2 Å². The molecule has 0 aromatic carbocycles. The Morgan fingerprint density at radius 2 is 2.44 bits per heavy atom. The molecule has 0 aliphatic heterocycles. The summed E-state index contributed by atoms with van der Waals surface area (Å²) in [5.41, 5.74) is 1.08. The summed E-state index contributed by atoms with van der Waals surface area (Å²) in [5.74, 6) is -0.778. The van der Waals surface area contributed by atoms with Crippen LogP contribution in [0.1, 0.15) is 12.0 Å². The molecule has 0 aliphatic rings. The van der Waals surface area contributed by atoms with Gasteiger partial charge in [0.05, 0.1) is 6.42 Å². The van der Waals surface area contributed by atoms with E-state index in [0.717, 1.165) is 5.56 Å². The number of carboxylic acid groups (broad SMARTS) is 1. The molecule has 16 heavy (non-hydrogen) atoms. The molecular weight excluding hydrogens is 204 g/mol. The van der Waals surface area contributed by atoms with Crippen molar-refractivity contribution in [2.45, 2.75) is 13.0 Å². The maximum Gasteiger partial charge on any atom is 0.304 e. The maximum atomic E-state index is 10.5. The van der Waals surface area contributed by atoms with Crippen LogP contribution < -0.4 is 0 Å². The van der Waals surface area contributed by atoms with Crippen molar-refractivity contribution in [3.8, 4) is 0 Å². The van der Waals surface area contributed by atoms with Crippen LogP contribution in [0.4, 0.5) is 0 Å². The van der Waals surface area contributed by atoms with E-state index in [1.807, 2.05) is 17.0 Å². The van der Waals surface area contributed by atoms with Crippen molar-refractivity contribution < 1.29 is 9.90 Å². The van der Waals surface area contributed by atoms with E-state index in [9.17, 15) is 4.79 Å². The molecular formula is C12H16N2O2. The van der Waals surface area contributed by atoms with Crippen molar-refractivity contribution in [1.29, 1.82) is 0 Å². The summed E-state index contributed by atoms with van der Waals surface area (Å²) in [6, 6.07) is 3.85. The molecule has 1 N–H and O–H groups in total. The largest absolute Gasteiger partial charge is 0.481 e. The van der Waals surface area contributed by atoms with Crippen LogP contribution in [0.25, 0.3) is 0 Å². The van der Waals surface area contributed by atoms with Crippen LogP contribution >= 0.6 is 0 Å². The van der Waals surface area contributed by atoms with Gasteiger partial charge in [0.15, 0.2) is 0 Å². The Hall–Kier alpha value is -1.68. The number of hydrogen-bond donors (Lipinski definition) is 1. The molecule has 0 radical (unpaired) electrons. The molecule has 1 heterocycles. The number of carboxylic acids is 1. The molecule has 1 aromatic heterocycles. The number of nitrogens with zero attached hydrogens (tertiary/aromatic N) is 2. The normalized spacial score (nSPS) is 10.3. The minimum atomic E-state index is -0.778. The quantitative estimate of drug-likeness (QED) is 0.708. The number of carbonyl (C=O) groups is 1. The SMILES string of the molecule is C=CCN(CCC(=O)O)Cc1cccnc1. The van der Waals surface area contributed by atoms with Gasteiger partial charge in [-0.15, -0.1) is 6.58 Å². The Bertz CT molecular complexity index is 338. The zero-order valence-electron chi connectivity index (χ0n) is 9.17. The highest BCUT2D eigenvalue weighted by molar-refractivity contribution is 5.66. The third kappa shape index (κ3) is 4.70. The van der Waals surface area contributed by atoms with Crippen molar-refractivity contribution in [2.75, 3.05) is 13.1 Å². The second kappa shape index (κ2) is 6.74. The Morgan fingerprint density at radius 1 is 1.62 bits per heavy atom. The molecule has 4 heteroatoms. The van der Waals surface area contributed by atoms with E-state index in [0.29, 0.717) is 19.6 Å². The van der Waals surface area contributed by atoms with Crippen LogP contribution in [-0.4, -0.2) is 34.0 Å². The van der Waals surface area contributed by atoms with E-state index in [4.69, 9.17) is 5.11 Å². The Morgan fingerprint density at radius 3 is 3.00 bits per heavy atom. The number of rotatable bonds is 7. The summed E-state index contributed by atoms with van der Waals surface area (Å²) >= 11 is 0. The molecule has 0 aliphatic carbocycles. The predicted octanol–water partition coefficient (Wildman–Crippen LogP) is 1.54. The first-order valence-corrected chi connectivity index (χ1v) is 5.16. The molecule has 0 amide bonds. The summed E-state index contributed by atoms with van der Waals surface area (Å²) < 4.78 is 0. The highest BCUT2D eigenvalue weighted by atomic mass is 16.4. The fraction of sp³-hybridized carbons (Fsp3) is 0.333. The lowest BCUT2D eigenvalue weighted by atomic mass is 10.2. The molecule has 0 saturated heterocycles. The molecule has 0 spiro atoms. The number of hydrogen-bond acceptors (Lipinski definition) is 3. The summed E-state index contributed by atoms with van der Waals surface area (Å²) in [6.07, 6.45) is 5.43. The van der Waals surface area contributed by atoms with Crippen LogP contribution in [0.3, 0.4) is 0 Å². The van der Waals surface area contributed by atoms with Crippen LogP contribution in [0.2, 0.25) is 0 Å². The van der Waals surface area contributed by atoms with Crippen molar-refractivity contribution in [3.63, 3.8) is 0 Å². The van der Waals surface area contributed by atoms with E-state index in [1.54, 1.807) is 18.5 Å². The van der Waals surface area contributed by atoms with Crippen molar-refractivity contribution in [1.82, 2.24) is 9.88 Å². The molecule has 0 bridgehead atoms. The summed E-state index contributed by atoms with van der Waals surface area (Å²) in [4.78, 5) is 16.5. The molecule has 4 nitrogen and oxygen atoms in total. The van der Waals surface area contributed by atoms with E-state index >= 15 is 0 Å². The van der Waals surface area contributed by atoms with E-state index in [1.165, 1.54) is 0 Å². The van der Waals surface area contributed by atoms with E-state index in [2.05, 4.69) is 11.6 Å². The van der Waals surface area contributed by atoms with Crippen molar-refractivity contribution >= 4 is 5.97 Å². The van der Waals surface area contributed by atoms with Gasteiger partial charge in [0, 0.05) is 32.0 Å². The zero-order chi connectivity index (χ0) is 11.8. The van der Waals surface area contributed by atoms with Crippen molar-refractivity contribution in [2.24, 2.45) is 0 Å². The van der Waals surface area contributed by atoms with Crippen LogP contribution in [0.5, 0.6) is 0 Å². The Kier molecular flexibility index (Phi) is 5.22. The minimum Gasteiger partial charge on any atom is -0.481 e. The van der Waals surface area contributed by atoms with Gasteiger partial charge in [-0.05, 0) is 11.6 Å². The van der Waals surface area contributed by atoms with Gasteiger partial charge in [0.1, 0.15) is 0 Å². The monoisotopic (exact) mass is 220 g/mol. The fourth-order valence-corrected chi connectivity index (χ4v) is 1.42. The van der Waals surface area contributed by atoms with Gasteiger partial charge in [-0.1, -0.05) is 12.1 Å². The van der Waals surface area contributed by atoms with Crippen LogP contribution in [0.15, 0.2) is 37.2 Å². The minimum absolute atomic E-state index is 0.147. The third-order valence-electron chi connectivity index (χ3n) is 2.16. The fourth-order valence-electron chi connectivity index (χ4n) is 1.42. The first kappa shape index (κ1) is 12.4. The molecule has 1 aromatic rings.